The van der Waals surface area contributed by atoms with E-state index < -0.39 is 5.97 Å². The van der Waals surface area contributed by atoms with Gasteiger partial charge in [0.05, 0.1) is 0 Å². The van der Waals surface area contributed by atoms with Crippen molar-refractivity contribution in [1.82, 2.24) is 0 Å². The Balaban J connectivity index is 3.43. The standard InChI is InChI=1S/C16H24O2/c1-2-3-4-5-6-7-8-9-10-11-12-13-14-15-16(17)18/h3-6,8-11H,2,7,12-15H2,1H3,(H,17,18)/b4-3+,6-5+,9-8+,11-10+. The first-order valence-electron chi connectivity index (χ1n) is 6.62. The molecule has 0 aromatic carbocycles. The van der Waals surface area contributed by atoms with Gasteiger partial charge in [0.25, 0.3) is 0 Å². The summed E-state index contributed by atoms with van der Waals surface area (Å²) >= 11 is 0. The predicted octanol–water partition coefficient (Wildman–Crippen LogP) is 4.66. The van der Waals surface area contributed by atoms with Gasteiger partial charge in [0.1, 0.15) is 0 Å². The molecule has 0 aliphatic carbocycles. The van der Waals surface area contributed by atoms with Crippen LogP contribution in [-0.2, 0) is 4.79 Å². The maximum atomic E-state index is 10.3. The second kappa shape index (κ2) is 13.5. The number of carbonyl (C=O) groups is 1. The van der Waals surface area contributed by atoms with Gasteiger partial charge in [0.2, 0.25) is 0 Å². The minimum absolute atomic E-state index is 0.278. The molecule has 0 unspecified atom stereocenters. The normalized spacial score (nSPS) is 12.5. The first kappa shape index (κ1) is 16.4. The van der Waals surface area contributed by atoms with E-state index in [0.717, 1.165) is 32.1 Å². The summed E-state index contributed by atoms with van der Waals surface area (Å²) in [5, 5.41) is 8.45. The van der Waals surface area contributed by atoms with Gasteiger partial charge in [0, 0.05) is 6.42 Å². The van der Waals surface area contributed by atoms with Crippen LogP contribution in [0.4, 0.5) is 0 Å². The molecule has 0 radical (unpaired) electrons. The van der Waals surface area contributed by atoms with Crippen LogP contribution >= 0.6 is 0 Å². The average Bonchev–Trinajstić information content (AvgIpc) is 2.34. The Morgan fingerprint density at radius 1 is 0.944 bits per heavy atom. The summed E-state index contributed by atoms with van der Waals surface area (Å²) in [6, 6.07) is 0. The number of hydrogen-bond acceptors (Lipinski definition) is 1. The third-order valence-electron chi connectivity index (χ3n) is 2.29. The van der Waals surface area contributed by atoms with E-state index >= 15 is 0 Å². The second-order valence-corrected chi connectivity index (χ2v) is 4.00. The van der Waals surface area contributed by atoms with Crippen LogP contribution in [0.1, 0.15) is 45.4 Å². The van der Waals surface area contributed by atoms with E-state index in [4.69, 9.17) is 5.11 Å². The highest BCUT2D eigenvalue weighted by Gasteiger charge is 1.93. The van der Waals surface area contributed by atoms with Crippen molar-refractivity contribution in [1.29, 1.82) is 0 Å². The molecular weight excluding hydrogens is 224 g/mol. The molecule has 0 rings (SSSR count). The zero-order valence-electron chi connectivity index (χ0n) is 11.2. The lowest BCUT2D eigenvalue weighted by atomic mass is 10.2. The maximum absolute atomic E-state index is 10.3. The van der Waals surface area contributed by atoms with E-state index in [9.17, 15) is 4.79 Å². The quantitative estimate of drug-likeness (QED) is 0.451. The van der Waals surface area contributed by atoms with Gasteiger partial charge in [-0.2, -0.15) is 0 Å². The molecular formula is C16H24O2. The largest absolute Gasteiger partial charge is 0.481 e. The monoisotopic (exact) mass is 248 g/mol. The third-order valence-corrected chi connectivity index (χ3v) is 2.29. The van der Waals surface area contributed by atoms with E-state index in [0.29, 0.717) is 0 Å². The van der Waals surface area contributed by atoms with Gasteiger partial charge in [0.15, 0.2) is 0 Å². The lowest BCUT2D eigenvalue weighted by Crippen LogP contribution is -1.92. The Morgan fingerprint density at radius 3 is 2.17 bits per heavy atom. The number of carboxylic acid groups (broad SMARTS) is 1. The minimum Gasteiger partial charge on any atom is -0.481 e. The summed E-state index contributed by atoms with van der Waals surface area (Å²) in [6.07, 6.45) is 21.5. The average molecular weight is 248 g/mol. The van der Waals surface area contributed by atoms with E-state index in [1.54, 1.807) is 0 Å². The fourth-order valence-electron chi connectivity index (χ4n) is 1.32. The van der Waals surface area contributed by atoms with Gasteiger partial charge >= 0.3 is 5.97 Å². The number of allylic oxidation sites excluding steroid dienone is 8. The molecule has 1 N–H and O–H groups in total. The lowest BCUT2D eigenvalue weighted by molar-refractivity contribution is -0.137. The number of aliphatic carboxylic acids is 1. The predicted molar refractivity (Wildman–Crippen MR) is 77.6 cm³/mol. The molecule has 100 valence electrons. The molecule has 0 saturated heterocycles. The minimum atomic E-state index is -0.706. The highest BCUT2D eigenvalue weighted by Crippen LogP contribution is 2.00. The summed E-state index contributed by atoms with van der Waals surface area (Å²) in [5.74, 6) is -0.706. The van der Waals surface area contributed by atoms with Gasteiger partial charge in [-0.3, -0.25) is 4.79 Å². The van der Waals surface area contributed by atoms with Crippen molar-refractivity contribution in [3.05, 3.63) is 48.6 Å². The summed E-state index contributed by atoms with van der Waals surface area (Å²) in [7, 11) is 0. The van der Waals surface area contributed by atoms with Crippen LogP contribution in [0.25, 0.3) is 0 Å². The van der Waals surface area contributed by atoms with Gasteiger partial charge < -0.3 is 5.11 Å². The number of hydrogen-bond donors (Lipinski definition) is 1. The molecule has 0 atom stereocenters. The highest BCUT2D eigenvalue weighted by atomic mass is 16.4. The van der Waals surface area contributed by atoms with Crippen molar-refractivity contribution in [2.24, 2.45) is 0 Å². The first-order chi connectivity index (χ1) is 8.77. The first-order valence-corrected chi connectivity index (χ1v) is 6.62. The van der Waals surface area contributed by atoms with Gasteiger partial charge in [-0.05, 0) is 32.1 Å². The number of rotatable bonds is 10. The maximum Gasteiger partial charge on any atom is 0.303 e. The molecule has 0 heterocycles. The van der Waals surface area contributed by atoms with Gasteiger partial charge in [-0.25, -0.2) is 0 Å². The Labute approximate surface area is 110 Å². The van der Waals surface area contributed by atoms with Crippen LogP contribution in [0, 0.1) is 0 Å². The van der Waals surface area contributed by atoms with Gasteiger partial charge in [-0.15, -0.1) is 0 Å². The molecule has 0 bridgehead atoms. The van der Waals surface area contributed by atoms with Crippen molar-refractivity contribution in [3.63, 3.8) is 0 Å². The van der Waals surface area contributed by atoms with Crippen LogP contribution in [0.2, 0.25) is 0 Å². The molecule has 18 heavy (non-hydrogen) atoms. The molecule has 0 aliphatic heterocycles. The molecule has 0 aromatic heterocycles. The zero-order chi connectivity index (χ0) is 13.5. The Hall–Kier alpha value is -1.57. The van der Waals surface area contributed by atoms with Crippen LogP contribution in [-0.4, -0.2) is 11.1 Å². The van der Waals surface area contributed by atoms with Crippen molar-refractivity contribution in [2.75, 3.05) is 0 Å². The third kappa shape index (κ3) is 14.4. The smallest absolute Gasteiger partial charge is 0.303 e. The van der Waals surface area contributed by atoms with Crippen LogP contribution < -0.4 is 0 Å². The Kier molecular flexibility index (Phi) is 12.3. The SMILES string of the molecule is CC/C=C/C=C/C/C=C/C=C/CCCCC(=O)O. The molecule has 2 heteroatoms. The fourth-order valence-corrected chi connectivity index (χ4v) is 1.32. The summed E-state index contributed by atoms with van der Waals surface area (Å²) in [6.45, 7) is 2.12. The number of unbranched alkanes of at least 4 members (excludes halogenated alkanes) is 2. The highest BCUT2D eigenvalue weighted by molar-refractivity contribution is 5.66. The number of carboxylic acids is 1. The van der Waals surface area contributed by atoms with Crippen LogP contribution in [0.15, 0.2) is 48.6 Å². The van der Waals surface area contributed by atoms with Crippen molar-refractivity contribution < 1.29 is 9.90 Å². The fraction of sp³-hybridized carbons (Fsp3) is 0.438. The van der Waals surface area contributed by atoms with Crippen molar-refractivity contribution in [3.8, 4) is 0 Å². The van der Waals surface area contributed by atoms with Crippen LogP contribution in [0.3, 0.4) is 0 Å². The molecule has 0 fully saturated rings. The van der Waals surface area contributed by atoms with E-state index in [1.807, 2.05) is 12.2 Å². The molecule has 0 aromatic rings. The molecule has 0 amide bonds. The Bertz CT molecular complexity index is 309. The van der Waals surface area contributed by atoms with E-state index in [-0.39, 0.29) is 6.42 Å². The molecule has 0 spiro atoms. The lowest BCUT2D eigenvalue weighted by Gasteiger charge is -1.91. The van der Waals surface area contributed by atoms with Crippen molar-refractivity contribution in [2.45, 2.75) is 45.4 Å². The molecule has 2 nitrogen and oxygen atoms in total. The topological polar surface area (TPSA) is 37.3 Å². The van der Waals surface area contributed by atoms with Gasteiger partial charge in [-0.1, -0.05) is 55.5 Å². The second-order valence-electron chi connectivity index (χ2n) is 4.00. The zero-order valence-corrected chi connectivity index (χ0v) is 11.2. The molecule has 0 saturated carbocycles. The van der Waals surface area contributed by atoms with E-state index in [2.05, 4.69) is 43.4 Å². The van der Waals surface area contributed by atoms with Crippen LogP contribution in [0.5, 0.6) is 0 Å². The summed E-state index contributed by atoms with van der Waals surface area (Å²) in [4.78, 5) is 10.3. The van der Waals surface area contributed by atoms with Crippen molar-refractivity contribution >= 4 is 5.97 Å². The summed E-state index contributed by atoms with van der Waals surface area (Å²) in [5.41, 5.74) is 0. The summed E-state index contributed by atoms with van der Waals surface area (Å²) < 4.78 is 0. The molecule has 0 aliphatic rings. The Morgan fingerprint density at radius 2 is 1.56 bits per heavy atom. The van der Waals surface area contributed by atoms with E-state index in [1.165, 1.54) is 0 Å².